The van der Waals surface area contributed by atoms with E-state index in [1.807, 2.05) is 13.8 Å². The van der Waals surface area contributed by atoms with E-state index < -0.39 is 0 Å². The number of hydrogen-bond donors (Lipinski definition) is 1. The van der Waals surface area contributed by atoms with E-state index >= 15 is 0 Å². The third-order valence-electron chi connectivity index (χ3n) is 2.40. The number of rotatable bonds is 4. The Morgan fingerprint density at radius 1 is 1.33 bits per heavy atom. The van der Waals surface area contributed by atoms with Crippen LogP contribution in [0.15, 0.2) is 6.07 Å². The van der Waals surface area contributed by atoms with E-state index in [2.05, 4.69) is 15.3 Å². The second kappa shape index (κ2) is 6.00. The highest BCUT2D eigenvalue weighted by Gasteiger charge is 2.16. The summed E-state index contributed by atoms with van der Waals surface area (Å²) in [5.41, 5.74) is 0. The molecule has 1 rings (SSSR count). The summed E-state index contributed by atoms with van der Waals surface area (Å²) in [4.78, 5) is 21.7. The summed E-state index contributed by atoms with van der Waals surface area (Å²) in [6.07, 6.45) is 0. The van der Waals surface area contributed by atoms with Crippen LogP contribution in [0.5, 0.6) is 0 Å². The first kappa shape index (κ1) is 14.7. The number of aromatic nitrogens is 2. The molecule has 0 saturated carbocycles. The normalized spacial score (nSPS) is 12.4. The zero-order chi connectivity index (χ0) is 13.9. The van der Waals surface area contributed by atoms with E-state index in [-0.39, 0.29) is 17.9 Å². The van der Waals surface area contributed by atoms with Gasteiger partial charge in [0.2, 0.25) is 5.91 Å². The van der Waals surface area contributed by atoms with Crippen molar-refractivity contribution in [3.63, 3.8) is 0 Å². The van der Waals surface area contributed by atoms with Crippen LogP contribution in [0.1, 0.15) is 32.5 Å². The van der Waals surface area contributed by atoms with E-state index in [0.29, 0.717) is 16.8 Å². The molecule has 1 atom stereocenters. The molecule has 6 heteroatoms. The summed E-state index contributed by atoms with van der Waals surface area (Å²) >= 11 is 5.93. The highest BCUT2D eigenvalue weighted by molar-refractivity contribution is 6.29. The highest BCUT2D eigenvalue weighted by Crippen LogP contribution is 2.17. The van der Waals surface area contributed by atoms with Gasteiger partial charge in [0, 0.05) is 26.1 Å². The van der Waals surface area contributed by atoms with Gasteiger partial charge in [0.25, 0.3) is 0 Å². The van der Waals surface area contributed by atoms with Crippen LogP contribution in [0.4, 0.5) is 5.82 Å². The van der Waals surface area contributed by atoms with Crippen LogP contribution < -0.4 is 5.32 Å². The van der Waals surface area contributed by atoms with Crippen molar-refractivity contribution in [2.75, 3.05) is 19.4 Å². The molecule has 0 aliphatic heterocycles. The maximum Gasteiger partial charge on any atom is 0.244 e. The molecular weight excluding hydrogens is 252 g/mol. The van der Waals surface area contributed by atoms with Crippen LogP contribution in [-0.2, 0) is 4.79 Å². The van der Waals surface area contributed by atoms with Crippen LogP contribution in [0.3, 0.4) is 0 Å². The van der Waals surface area contributed by atoms with Crippen molar-refractivity contribution in [1.29, 1.82) is 0 Å². The molecule has 0 fully saturated rings. The van der Waals surface area contributed by atoms with Crippen molar-refractivity contribution >= 4 is 23.3 Å². The van der Waals surface area contributed by atoms with Crippen molar-refractivity contribution in [2.24, 2.45) is 0 Å². The van der Waals surface area contributed by atoms with Gasteiger partial charge < -0.3 is 10.2 Å². The third-order valence-corrected chi connectivity index (χ3v) is 2.60. The van der Waals surface area contributed by atoms with Crippen LogP contribution in [0.2, 0.25) is 5.15 Å². The zero-order valence-corrected chi connectivity index (χ0v) is 12.1. The largest absolute Gasteiger partial charge is 0.358 e. The molecule has 1 heterocycles. The Kier molecular flexibility index (Phi) is 4.90. The third kappa shape index (κ3) is 3.84. The van der Waals surface area contributed by atoms with Gasteiger partial charge >= 0.3 is 0 Å². The van der Waals surface area contributed by atoms with Gasteiger partial charge in [0.15, 0.2) is 0 Å². The molecule has 0 bridgehead atoms. The lowest BCUT2D eigenvalue weighted by molar-refractivity contribution is -0.129. The Balaban J connectivity index is 2.87. The molecule has 0 spiro atoms. The van der Waals surface area contributed by atoms with Crippen molar-refractivity contribution < 1.29 is 4.79 Å². The Labute approximate surface area is 113 Å². The highest BCUT2D eigenvalue weighted by atomic mass is 35.5. The zero-order valence-electron chi connectivity index (χ0n) is 11.4. The second-order valence-electron chi connectivity index (χ2n) is 4.69. The van der Waals surface area contributed by atoms with Crippen LogP contribution in [-0.4, -0.2) is 40.9 Å². The van der Waals surface area contributed by atoms with Gasteiger partial charge in [-0.2, -0.15) is 0 Å². The first-order chi connectivity index (χ1) is 8.31. The predicted molar refractivity (Wildman–Crippen MR) is 72.9 cm³/mol. The number of nitrogens with zero attached hydrogens (tertiary/aromatic N) is 3. The topological polar surface area (TPSA) is 58.1 Å². The summed E-state index contributed by atoms with van der Waals surface area (Å²) in [5.74, 6) is 1.40. The summed E-state index contributed by atoms with van der Waals surface area (Å²) in [6.45, 7) is 5.76. The molecule has 18 heavy (non-hydrogen) atoms. The van der Waals surface area contributed by atoms with Gasteiger partial charge in [-0.05, 0) is 6.92 Å². The van der Waals surface area contributed by atoms with Crippen LogP contribution >= 0.6 is 11.6 Å². The maximum atomic E-state index is 11.7. The smallest absolute Gasteiger partial charge is 0.244 e. The van der Waals surface area contributed by atoms with E-state index in [0.717, 1.165) is 0 Å². The van der Waals surface area contributed by atoms with Crippen molar-refractivity contribution in [3.05, 3.63) is 17.0 Å². The van der Waals surface area contributed by atoms with E-state index in [1.54, 1.807) is 27.1 Å². The fraction of sp³-hybridized carbons (Fsp3) is 0.583. The molecule has 0 radical (unpaired) electrons. The Morgan fingerprint density at radius 2 is 1.94 bits per heavy atom. The minimum absolute atomic E-state index is 0.0177. The lowest BCUT2D eigenvalue weighted by atomic mass is 10.2. The average molecular weight is 271 g/mol. The number of anilines is 1. The van der Waals surface area contributed by atoms with Gasteiger partial charge in [-0.3, -0.25) is 4.79 Å². The second-order valence-corrected chi connectivity index (χ2v) is 5.07. The van der Waals surface area contributed by atoms with Crippen molar-refractivity contribution in [2.45, 2.75) is 32.7 Å². The predicted octanol–water partition coefficient (Wildman–Crippen LogP) is 2.14. The minimum Gasteiger partial charge on any atom is -0.358 e. The number of carbonyl (C=O) groups excluding carboxylic acids is 1. The molecule has 0 aromatic carbocycles. The van der Waals surface area contributed by atoms with E-state index in [4.69, 9.17) is 11.6 Å². The van der Waals surface area contributed by atoms with E-state index in [9.17, 15) is 4.79 Å². The molecule has 0 aliphatic carbocycles. The van der Waals surface area contributed by atoms with Gasteiger partial charge in [-0.15, -0.1) is 0 Å². The maximum absolute atomic E-state index is 11.7. The molecule has 0 aliphatic rings. The fourth-order valence-corrected chi connectivity index (χ4v) is 1.63. The lowest BCUT2D eigenvalue weighted by Crippen LogP contribution is -2.36. The summed E-state index contributed by atoms with van der Waals surface area (Å²) in [6, 6.07) is 1.26. The number of hydrogen-bond acceptors (Lipinski definition) is 4. The van der Waals surface area contributed by atoms with Gasteiger partial charge in [0.05, 0.1) is 0 Å². The quantitative estimate of drug-likeness (QED) is 0.852. The lowest BCUT2D eigenvalue weighted by Gasteiger charge is -2.19. The molecule has 100 valence electrons. The molecule has 1 aromatic heterocycles. The summed E-state index contributed by atoms with van der Waals surface area (Å²) in [7, 11) is 3.43. The SMILES string of the molecule is CC(Nc1cc(Cl)nc(C(C)C)n1)C(=O)N(C)C. The van der Waals surface area contributed by atoms with Gasteiger partial charge in [-0.25, -0.2) is 9.97 Å². The van der Waals surface area contributed by atoms with Gasteiger partial charge in [0.1, 0.15) is 22.8 Å². The molecule has 5 nitrogen and oxygen atoms in total. The summed E-state index contributed by atoms with van der Waals surface area (Å²) in [5, 5.41) is 3.41. The fourth-order valence-electron chi connectivity index (χ4n) is 1.44. The Hall–Kier alpha value is -1.36. The summed E-state index contributed by atoms with van der Waals surface area (Å²) < 4.78 is 0. The van der Waals surface area contributed by atoms with E-state index in [1.165, 1.54) is 4.90 Å². The number of carbonyl (C=O) groups is 1. The number of nitrogens with one attached hydrogen (secondary N) is 1. The molecule has 1 amide bonds. The average Bonchev–Trinajstić information content (AvgIpc) is 2.26. The molecular formula is C12H19ClN4O. The van der Waals surface area contributed by atoms with Crippen molar-refractivity contribution in [1.82, 2.24) is 14.9 Å². The molecule has 1 N–H and O–H groups in total. The van der Waals surface area contributed by atoms with Crippen molar-refractivity contribution in [3.8, 4) is 0 Å². The first-order valence-electron chi connectivity index (χ1n) is 5.83. The number of amides is 1. The molecule has 1 unspecified atom stereocenters. The van der Waals surface area contributed by atoms with Crippen LogP contribution in [0, 0.1) is 0 Å². The minimum atomic E-state index is -0.356. The Bertz CT molecular complexity index is 434. The molecule has 1 aromatic rings. The standard InChI is InChI=1S/C12H19ClN4O/c1-7(2)11-15-9(13)6-10(16-11)14-8(3)12(18)17(4)5/h6-8H,1-5H3,(H,14,15,16). The number of halogens is 1. The van der Waals surface area contributed by atoms with Gasteiger partial charge in [-0.1, -0.05) is 25.4 Å². The monoisotopic (exact) mass is 270 g/mol. The first-order valence-corrected chi connectivity index (χ1v) is 6.21. The number of likely N-dealkylation sites (N-methyl/N-ethyl adjacent to an activating group) is 1. The Morgan fingerprint density at radius 3 is 2.44 bits per heavy atom. The molecule has 0 saturated heterocycles. The van der Waals surface area contributed by atoms with Crippen LogP contribution in [0.25, 0.3) is 0 Å².